The summed E-state index contributed by atoms with van der Waals surface area (Å²) in [5.41, 5.74) is 7.05. The van der Waals surface area contributed by atoms with Crippen LogP contribution in [0.15, 0.2) is 30.3 Å². The molecule has 0 aliphatic carbocycles. The van der Waals surface area contributed by atoms with Gasteiger partial charge in [0.2, 0.25) is 11.8 Å². The molecule has 1 aliphatic rings. The Bertz CT molecular complexity index is 572. The Labute approximate surface area is 174 Å². The summed E-state index contributed by atoms with van der Waals surface area (Å²) in [6, 6.07) is 10.1. The van der Waals surface area contributed by atoms with Crippen LogP contribution in [-0.2, 0) is 16.1 Å². The second-order valence-corrected chi connectivity index (χ2v) is 7.04. The van der Waals surface area contributed by atoms with Crippen molar-refractivity contribution in [2.24, 2.45) is 11.7 Å². The zero-order valence-electron chi connectivity index (χ0n) is 16.0. The lowest BCUT2D eigenvalue weighted by atomic mass is 10.1. The number of likely N-dealkylation sites (tertiary alicyclic amines) is 1. The third-order valence-electron chi connectivity index (χ3n) is 4.71. The van der Waals surface area contributed by atoms with E-state index in [0.29, 0.717) is 12.6 Å². The molecule has 27 heavy (non-hydrogen) atoms. The summed E-state index contributed by atoms with van der Waals surface area (Å²) in [6.07, 6.45) is 2.23. The van der Waals surface area contributed by atoms with Crippen LogP contribution < -0.4 is 16.4 Å². The summed E-state index contributed by atoms with van der Waals surface area (Å²) in [5, 5.41) is 5.53. The van der Waals surface area contributed by atoms with Crippen molar-refractivity contribution >= 4 is 36.6 Å². The van der Waals surface area contributed by atoms with Crippen LogP contribution in [0.1, 0.15) is 32.3 Å². The molecule has 2 rings (SSSR count). The highest BCUT2D eigenvalue weighted by molar-refractivity contribution is 5.87. The highest BCUT2D eigenvalue weighted by Crippen LogP contribution is 2.19. The van der Waals surface area contributed by atoms with E-state index in [2.05, 4.69) is 27.7 Å². The van der Waals surface area contributed by atoms with Crippen molar-refractivity contribution < 1.29 is 9.59 Å². The van der Waals surface area contributed by atoms with Gasteiger partial charge < -0.3 is 16.4 Å². The van der Waals surface area contributed by atoms with E-state index in [0.717, 1.165) is 25.9 Å². The normalized spacial score (nSPS) is 17.6. The number of rotatable bonds is 8. The Morgan fingerprint density at radius 2 is 1.85 bits per heavy atom. The summed E-state index contributed by atoms with van der Waals surface area (Å²) in [4.78, 5) is 26.2. The lowest BCUT2D eigenvalue weighted by Crippen LogP contribution is -2.48. The molecule has 4 N–H and O–H groups in total. The predicted octanol–water partition coefficient (Wildman–Crippen LogP) is 1.71. The highest BCUT2D eigenvalue weighted by atomic mass is 35.5. The molecule has 1 saturated heterocycles. The molecule has 1 aromatic carbocycles. The van der Waals surface area contributed by atoms with Crippen LogP contribution in [0.2, 0.25) is 0 Å². The van der Waals surface area contributed by atoms with Crippen LogP contribution in [0.5, 0.6) is 0 Å². The smallest absolute Gasteiger partial charge is 0.239 e. The van der Waals surface area contributed by atoms with E-state index in [4.69, 9.17) is 5.73 Å². The molecule has 1 fully saturated rings. The molecule has 1 unspecified atom stereocenters. The molecule has 154 valence electrons. The van der Waals surface area contributed by atoms with Crippen LogP contribution in [0.3, 0.4) is 0 Å². The third kappa shape index (κ3) is 8.47. The Hall–Kier alpha value is -1.34. The van der Waals surface area contributed by atoms with Gasteiger partial charge in [0.25, 0.3) is 0 Å². The number of nitrogens with zero attached hydrogens (tertiary/aromatic N) is 1. The first kappa shape index (κ1) is 25.7. The van der Waals surface area contributed by atoms with Gasteiger partial charge in [-0.2, -0.15) is 0 Å². The van der Waals surface area contributed by atoms with Crippen molar-refractivity contribution in [1.82, 2.24) is 15.5 Å². The topological polar surface area (TPSA) is 87.5 Å². The quantitative estimate of drug-likeness (QED) is 0.599. The van der Waals surface area contributed by atoms with Crippen LogP contribution in [0.25, 0.3) is 0 Å². The monoisotopic (exact) mass is 418 g/mol. The van der Waals surface area contributed by atoms with Crippen LogP contribution in [0.4, 0.5) is 0 Å². The summed E-state index contributed by atoms with van der Waals surface area (Å²) in [5.74, 6) is -0.402. The van der Waals surface area contributed by atoms with E-state index in [-0.39, 0.29) is 49.1 Å². The van der Waals surface area contributed by atoms with Crippen molar-refractivity contribution in [2.75, 3.05) is 19.6 Å². The van der Waals surface area contributed by atoms with Gasteiger partial charge in [-0.3, -0.25) is 14.5 Å². The number of hydrogen-bond donors (Lipinski definition) is 3. The fraction of sp³-hybridized carbons (Fsp3) is 0.579. The van der Waals surface area contributed by atoms with Gasteiger partial charge in [-0.15, -0.1) is 24.8 Å². The molecule has 0 saturated carbocycles. The first-order valence-electron chi connectivity index (χ1n) is 9.05. The van der Waals surface area contributed by atoms with Gasteiger partial charge >= 0.3 is 0 Å². The van der Waals surface area contributed by atoms with Crippen molar-refractivity contribution in [3.05, 3.63) is 35.9 Å². The van der Waals surface area contributed by atoms with Gasteiger partial charge in [0, 0.05) is 19.1 Å². The van der Waals surface area contributed by atoms with Crippen molar-refractivity contribution in [3.63, 3.8) is 0 Å². The van der Waals surface area contributed by atoms with E-state index in [1.54, 1.807) is 0 Å². The molecule has 1 heterocycles. The number of carbonyl (C=O) groups excluding carboxylic acids is 2. The maximum atomic E-state index is 12.0. The summed E-state index contributed by atoms with van der Waals surface area (Å²) < 4.78 is 0. The second-order valence-electron chi connectivity index (χ2n) is 7.04. The maximum absolute atomic E-state index is 12.0. The molecule has 0 bridgehead atoms. The molecule has 1 aliphatic heterocycles. The van der Waals surface area contributed by atoms with Gasteiger partial charge in [-0.25, -0.2) is 0 Å². The Morgan fingerprint density at radius 3 is 2.48 bits per heavy atom. The van der Waals surface area contributed by atoms with Crippen molar-refractivity contribution in [2.45, 2.75) is 45.3 Å². The molecular formula is C19H32Cl2N4O2. The second kappa shape index (κ2) is 12.9. The Kier molecular flexibility index (Phi) is 12.3. The number of amides is 2. The standard InChI is InChI=1S/C19H30N4O2.2ClH/c1-14(2)18(20)19(25)22-12-17(24)21-11-16-9-6-10-23(16)13-15-7-4-3-5-8-15;;/h3-5,7-8,14,16,18H,6,9-13,20H2,1-2H3,(H,21,24)(H,22,25);2*1H/t16?,18-;;/m0../s1. The minimum atomic E-state index is -0.580. The van der Waals surface area contributed by atoms with E-state index in [1.807, 2.05) is 32.0 Å². The molecule has 8 heteroatoms. The molecule has 2 amide bonds. The van der Waals surface area contributed by atoms with E-state index in [1.165, 1.54) is 5.56 Å². The van der Waals surface area contributed by atoms with Crippen molar-refractivity contribution in [3.8, 4) is 0 Å². The maximum Gasteiger partial charge on any atom is 0.239 e. The average molecular weight is 419 g/mol. The zero-order valence-corrected chi connectivity index (χ0v) is 17.7. The van der Waals surface area contributed by atoms with Crippen LogP contribution >= 0.6 is 24.8 Å². The summed E-state index contributed by atoms with van der Waals surface area (Å²) in [6.45, 7) is 6.30. The first-order chi connectivity index (χ1) is 12.0. The lowest BCUT2D eigenvalue weighted by molar-refractivity contribution is -0.127. The van der Waals surface area contributed by atoms with Gasteiger partial charge in [0.05, 0.1) is 12.6 Å². The highest BCUT2D eigenvalue weighted by Gasteiger charge is 2.25. The van der Waals surface area contributed by atoms with E-state index in [9.17, 15) is 9.59 Å². The number of carbonyl (C=O) groups is 2. The van der Waals surface area contributed by atoms with Gasteiger partial charge in [-0.1, -0.05) is 44.2 Å². The van der Waals surface area contributed by atoms with E-state index < -0.39 is 6.04 Å². The minimum Gasteiger partial charge on any atom is -0.353 e. The van der Waals surface area contributed by atoms with E-state index >= 15 is 0 Å². The number of benzene rings is 1. The largest absolute Gasteiger partial charge is 0.353 e. The Balaban J connectivity index is 0.00000338. The molecular weight excluding hydrogens is 387 g/mol. The molecule has 6 nitrogen and oxygen atoms in total. The fourth-order valence-electron chi connectivity index (χ4n) is 3.03. The molecule has 0 aromatic heterocycles. The molecule has 1 aromatic rings. The van der Waals surface area contributed by atoms with Crippen LogP contribution in [-0.4, -0.2) is 48.4 Å². The third-order valence-corrected chi connectivity index (χ3v) is 4.71. The number of nitrogens with one attached hydrogen (secondary N) is 2. The lowest BCUT2D eigenvalue weighted by Gasteiger charge is -2.25. The number of nitrogens with two attached hydrogens (primary N) is 1. The van der Waals surface area contributed by atoms with Gasteiger partial charge in [-0.05, 0) is 30.9 Å². The first-order valence-corrected chi connectivity index (χ1v) is 9.05. The SMILES string of the molecule is CC(C)[C@H](N)C(=O)NCC(=O)NCC1CCCN1Cc1ccccc1.Cl.Cl. The number of hydrogen-bond acceptors (Lipinski definition) is 4. The predicted molar refractivity (Wildman–Crippen MR) is 113 cm³/mol. The summed E-state index contributed by atoms with van der Waals surface area (Å²) in [7, 11) is 0. The summed E-state index contributed by atoms with van der Waals surface area (Å²) >= 11 is 0. The van der Waals surface area contributed by atoms with Crippen LogP contribution in [0, 0.1) is 5.92 Å². The van der Waals surface area contributed by atoms with Gasteiger partial charge in [0.1, 0.15) is 0 Å². The molecule has 2 atom stereocenters. The van der Waals surface area contributed by atoms with Gasteiger partial charge in [0.15, 0.2) is 0 Å². The van der Waals surface area contributed by atoms with Crippen molar-refractivity contribution in [1.29, 1.82) is 0 Å². The average Bonchev–Trinajstić information content (AvgIpc) is 3.05. The number of halogens is 2. The minimum absolute atomic E-state index is 0. The molecule has 0 spiro atoms. The Morgan fingerprint density at radius 1 is 1.19 bits per heavy atom. The molecule has 0 radical (unpaired) electrons. The fourth-order valence-corrected chi connectivity index (χ4v) is 3.03. The zero-order chi connectivity index (χ0) is 18.2.